The minimum atomic E-state index is -4.14. The van der Waals surface area contributed by atoms with Crippen LogP contribution in [-0.4, -0.2) is 116 Å². The molecule has 4 amide bonds. The van der Waals surface area contributed by atoms with Gasteiger partial charge in [0.15, 0.2) is 10.0 Å². The van der Waals surface area contributed by atoms with Gasteiger partial charge in [0.05, 0.1) is 23.1 Å². The standard InChI is InChI=1S/C44H47N9O7S.U/c1-43(13-20-50(26-43)31-8-10-33-35(23-31)42(57)53(41(33)56)36-11-12-38(54)47-40(36)55)25-49-18-14-44(15-19-49)27-51(28-44)30-5-3-6-32(22-30)61(58,59)48-39(45)34-9-7-29(21-37(34)60-2)24-52-17-4-16-46-52;/h3-8,10,16-17,21-23,36H,11-15,18-20,24-28H2,1-2H3,(H2-,45,47,48,54,55);/q-2;+2. The van der Waals surface area contributed by atoms with Crippen LogP contribution in [0.25, 0.3) is 5.41 Å². The van der Waals surface area contributed by atoms with E-state index in [1.54, 1.807) is 47.3 Å². The van der Waals surface area contributed by atoms with Gasteiger partial charge >= 0.3 is 31.1 Å². The number of likely N-dealkylation sites (tertiary alicyclic amines) is 1. The minimum absolute atomic E-state index is 0. The Morgan fingerprint density at radius 2 is 1.71 bits per heavy atom. The van der Waals surface area contributed by atoms with Crippen LogP contribution in [0.15, 0.2) is 78.0 Å². The van der Waals surface area contributed by atoms with Crippen molar-refractivity contribution in [3.8, 4) is 5.75 Å². The molecule has 62 heavy (non-hydrogen) atoms. The largest absolute Gasteiger partial charge is 2.00 e. The Balaban J connectivity index is 0.00000529. The fraction of sp³-hybridized carbons (Fsp3) is 0.409. The number of ether oxygens (including phenoxy) is 1. The predicted molar refractivity (Wildman–Crippen MR) is 226 cm³/mol. The number of hydrogen-bond donors (Lipinski definition) is 2. The van der Waals surface area contributed by atoms with Crippen molar-refractivity contribution in [1.82, 2.24) is 29.6 Å². The molecule has 1 aromatic heterocycles. The number of hydrogen-bond acceptors (Lipinski definition) is 11. The van der Waals surface area contributed by atoms with E-state index in [0.29, 0.717) is 12.1 Å². The van der Waals surface area contributed by atoms with Crippen molar-refractivity contribution in [3.63, 3.8) is 0 Å². The smallest absolute Gasteiger partial charge is 0.540 e. The van der Waals surface area contributed by atoms with Crippen LogP contribution in [0.1, 0.15) is 70.9 Å². The van der Waals surface area contributed by atoms with Gasteiger partial charge in [0.25, 0.3) is 11.8 Å². The number of nitrogens with zero attached hydrogens (tertiary/aromatic N) is 7. The number of carbonyl (C=O) groups excluding carboxylic acids is 4. The Morgan fingerprint density at radius 3 is 2.44 bits per heavy atom. The monoisotopic (exact) mass is 1080 g/mol. The molecule has 18 heteroatoms. The van der Waals surface area contributed by atoms with Crippen LogP contribution in [0.2, 0.25) is 0 Å². The first kappa shape index (κ1) is 43.6. The number of benzene rings is 3. The molecule has 0 radical (unpaired) electrons. The van der Waals surface area contributed by atoms with E-state index in [0.717, 1.165) is 86.9 Å². The van der Waals surface area contributed by atoms with Crippen LogP contribution in [0.5, 0.6) is 5.75 Å². The van der Waals surface area contributed by atoms with Crippen LogP contribution < -0.4 is 24.6 Å². The molecule has 9 rings (SSSR count). The fourth-order valence-electron chi connectivity index (χ4n) is 9.64. The molecule has 2 atom stereocenters. The van der Waals surface area contributed by atoms with E-state index in [2.05, 4.69) is 42.8 Å². The number of fused-ring (bicyclic) bond motifs is 1. The normalized spacial score (nSPS) is 22.3. The van der Waals surface area contributed by atoms with E-state index < -0.39 is 45.5 Å². The molecule has 6 heterocycles. The number of piperidine rings is 2. The van der Waals surface area contributed by atoms with Crippen molar-refractivity contribution < 1.29 is 63.4 Å². The fourth-order valence-corrected chi connectivity index (χ4v) is 10.6. The van der Waals surface area contributed by atoms with Crippen molar-refractivity contribution in [2.24, 2.45) is 10.8 Å². The van der Waals surface area contributed by atoms with E-state index in [9.17, 15) is 33.0 Å². The third-order valence-corrected chi connectivity index (χ3v) is 14.3. The molecule has 0 saturated carbocycles. The van der Waals surface area contributed by atoms with Crippen molar-refractivity contribution in [3.05, 3.63) is 107 Å². The number of carbonyl (C=O) groups is 4. The third-order valence-electron chi connectivity index (χ3n) is 13.0. The van der Waals surface area contributed by atoms with E-state index >= 15 is 0 Å². The number of anilines is 2. The summed E-state index contributed by atoms with van der Waals surface area (Å²) in [6, 6.07) is 19.2. The van der Waals surface area contributed by atoms with Gasteiger partial charge in [-0.1, -0.05) is 19.1 Å². The summed E-state index contributed by atoms with van der Waals surface area (Å²) in [4.78, 5) is 58.9. The van der Waals surface area contributed by atoms with E-state index in [1.807, 2.05) is 24.4 Å². The van der Waals surface area contributed by atoms with Crippen molar-refractivity contribution in [2.45, 2.75) is 56.5 Å². The Hall–Kier alpha value is -5.02. The Labute approximate surface area is 384 Å². The van der Waals surface area contributed by atoms with Gasteiger partial charge in [-0.15, -0.1) is 29.1 Å². The summed E-state index contributed by atoms with van der Waals surface area (Å²) in [6.07, 6.45) is 6.75. The van der Waals surface area contributed by atoms with Crippen molar-refractivity contribution in [2.75, 3.05) is 62.7 Å². The summed E-state index contributed by atoms with van der Waals surface area (Å²) in [5.41, 5.74) is 3.34. The average molecular weight is 1080 g/mol. The summed E-state index contributed by atoms with van der Waals surface area (Å²) >= 11 is 0. The van der Waals surface area contributed by atoms with Crippen LogP contribution >= 0.6 is 0 Å². The van der Waals surface area contributed by atoms with Gasteiger partial charge in [0.2, 0.25) is 11.8 Å². The molecule has 2 N–H and O–H groups in total. The molecule has 320 valence electrons. The second-order valence-corrected chi connectivity index (χ2v) is 19.1. The van der Waals surface area contributed by atoms with E-state index in [4.69, 9.17) is 4.74 Å². The van der Waals surface area contributed by atoms with Crippen LogP contribution in [0.3, 0.4) is 0 Å². The van der Waals surface area contributed by atoms with Gasteiger partial charge in [-0.2, -0.15) is 5.10 Å². The molecule has 0 bridgehead atoms. The topological polar surface area (TPSA) is 189 Å². The summed E-state index contributed by atoms with van der Waals surface area (Å²) in [6.45, 7) is 8.91. The van der Waals surface area contributed by atoms with Crippen LogP contribution in [0, 0.1) is 48.0 Å². The predicted octanol–water partition coefficient (Wildman–Crippen LogP) is 3.25. The number of rotatable bonds is 11. The van der Waals surface area contributed by atoms with Gasteiger partial charge in [-0.3, -0.25) is 34.1 Å². The molecular weight excluding hydrogens is 1040 g/mol. The summed E-state index contributed by atoms with van der Waals surface area (Å²) in [5.74, 6) is -2.34. The zero-order valence-corrected chi connectivity index (χ0v) is 39.6. The molecule has 5 aliphatic heterocycles. The molecule has 16 nitrogen and oxygen atoms in total. The number of imide groups is 2. The molecule has 1 spiro atoms. The summed E-state index contributed by atoms with van der Waals surface area (Å²) in [7, 11) is -2.69. The Bertz CT molecular complexity index is 2550. The third kappa shape index (κ3) is 8.42. The number of nitrogens with one attached hydrogen (secondary N) is 2. The molecule has 0 aliphatic carbocycles. The van der Waals surface area contributed by atoms with Crippen molar-refractivity contribution >= 4 is 50.9 Å². The average Bonchev–Trinajstić information content (AvgIpc) is 3.95. The maximum atomic E-state index is 13.5. The van der Waals surface area contributed by atoms with E-state index in [-0.39, 0.29) is 76.6 Å². The first-order valence-electron chi connectivity index (χ1n) is 20.6. The van der Waals surface area contributed by atoms with Gasteiger partial charge in [0.1, 0.15) is 6.04 Å². The zero-order chi connectivity index (χ0) is 42.7. The number of amides is 4. The molecule has 3 aromatic carbocycles. The Kier molecular flexibility index (Phi) is 11.9. The number of methoxy groups -OCH3 is 1. The quantitative estimate of drug-likeness (QED) is 0.0972. The van der Waals surface area contributed by atoms with Crippen LogP contribution in [0.4, 0.5) is 11.4 Å². The van der Waals surface area contributed by atoms with Gasteiger partial charge in [0, 0.05) is 80.6 Å². The van der Waals surface area contributed by atoms with Gasteiger partial charge in [-0.25, -0.2) is 8.42 Å². The van der Waals surface area contributed by atoms with Crippen molar-refractivity contribution in [1.29, 1.82) is 0 Å². The SMILES string of the molecule is COc1cc(Cn2cccn2)c[c-]c1C(=[N-])NS(=O)(=O)c1cccc(N2CC3(CCN(CC4(C)CCN(c5ccc6c(c5)C(=O)N(C5CCC(=O)NC5=O)C6=O)C4)CC3)C2)c1.[U+2]. The molecule has 4 saturated heterocycles. The first-order valence-corrected chi connectivity index (χ1v) is 22.0. The second kappa shape index (κ2) is 16.9. The molecule has 5 aliphatic rings. The molecular formula is C44H47N9O7SU. The molecule has 2 unspecified atom stereocenters. The number of amidine groups is 1. The number of aromatic nitrogens is 2. The van der Waals surface area contributed by atoms with Gasteiger partial charge in [-0.05, 0) is 86.7 Å². The summed E-state index contributed by atoms with van der Waals surface area (Å²) in [5, 5.41) is 17.4. The maximum Gasteiger partial charge on any atom is 2.00 e. The van der Waals surface area contributed by atoms with Crippen LogP contribution in [-0.2, 0) is 26.2 Å². The number of sulfonamides is 1. The Morgan fingerprint density at radius 1 is 0.952 bits per heavy atom. The van der Waals surface area contributed by atoms with E-state index in [1.165, 1.54) is 13.2 Å². The van der Waals surface area contributed by atoms with Gasteiger partial charge < -0.3 is 29.6 Å². The molecule has 4 fully saturated rings. The second-order valence-electron chi connectivity index (χ2n) is 17.4. The molecule has 4 aromatic rings. The summed E-state index contributed by atoms with van der Waals surface area (Å²) < 4.78 is 36.5. The minimum Gasteiger partial charge on any atom is -0.540 e. The zero-order valence-electron chi connectivity index (χ0n) is 34.6. The maximum absolute atomic E-state index is 13.5. The first-order chi connectivity index (χ1) is 29.2.